The summed E-state index contributed by atoms with van der Waals surface area (Å²) in [7, 11) is 0. The Balaban J connectivity index is 1.48. The summed E-state index contributed by atoms with van der Waals surface area (Å²) in [5.41, 5.74) is 7.85. The minimum Gasteiger partial charge on any atom is -0.244 e. The van der Waals surface area contributed by atoms with Crippen molar-refractivity contribution in [2.75, 3.05) is 0 Å². The van der Waals surface area contributed by atoms with Crippen molar-refractivity contribution in [1.82, 2.24) is 15.0 Å². The molecule has 0 N–H and O–H groups in total. The summed E-state index contributed by atoms with van der Waals surface area (Å²) in [4.78, 5) is 15.1. The van der Waals surface area contributed by atoms with E-state index in [0.717, 1.165) is 49.6 Å². The predicted octanol–water partition coefficient (Wildman–Crippen LogP) is 8.39. The lowest BCUT2D eigenvalue weighted by molar-refractivity contribution is 1.29. The molecule has 0 bridgehead atoms. The van der Waals surface area contributed by atoms with Crippen molar-refractivity contribution in [2.45, 2.75) is 0 Å². The van der Waals surface area contributed by atoms with Crippen LogP contribution in [0.3, 0.4) is 0 Å². The van der Waals surface area contributed by atoms with Gasteiger partial charge in [0.25, 0.3) is 0 Å². The first-order valence-electron chi connectivity index (χ1n) is 11.5. The fourth-order valence-electron chi connectivity index (χ4n) is 4.55. The highest BCUT2D eigenvalue weighted by molar-refractivity contribution is 7.22. The Hall–Kier alpha value is -4.41. The lowest BCUT2D eigenvalue weighted by atomic mass is 10.0. The highest BCUT2D eigenvalue weighted by Gasteiger charge is 2.15. The van der Waals surface area contributed by atoms with Crippen molar-refractivity contribution in [2.24, 2.45) is 0 Å². The van der Waals surface area contributed by atoms with E-state index in [1.807, 2.05) is 48.5 Å². The molecule has 164 valence electrons. The van der Waals surface area contributed by atoms with Gasteiger partial charge in [0.05, 0.1) is 32.6 Å². The van der Waals surface area contributed by atoms with Gasteiger partial charge in [0.2, 0.25) is 0 Å². The average molecular weight is 466 g/mol. The number of hydrogen-bond acceptors (Lipinski definition) is 4. The zero-order valence-electron chi connectivity index (χ0n) is 18.7. The first-order valence-corrected chi connectivity index (χ1v) is 12.4. The molecule has 0 atom stereocenters. The van der Waals surface area contributed by atoms with E-state index >= 15 is 0 Å². The van der Waals surface area contributed by atoms with Crippen LogP contribution in [0, 0.1) is 0 Å². The van der Waals surface area contributed by atoms with Gasteiger partial charge in [0.1, 0.15) is 5.01 Å². The van der Waals surface area contributed by atoms with E-state index in [-0.39, 0.29) is 0 Å². The van der Waals surface area contributed by atoms with Gasteiger partial charge in [-0.15, -0.1) is 11.3 Å². The average Bonchev–Trinajstić information content (AvgIpc) is 3.38. The molecule has 2 heterocycles. The van der Waals surface area contributed by atoms with Gasteiger partial charge in [-0.3, -0.25) is 0 Å². The summed E-state index contributed by atoms with van der Waals surface area (Å²) in [6, 6.07) is 39.6. The third-order valence-corrected chi connectivity index (χ3v) is 7.44. The highest BCUT2D eigenvalue weighted by atomic mass is 32.1. The Morgan fingerprint density at radius 2 is 1.06 bits per heavy atom. The van der Waals surface area contributed by atoms with E-state index in [9.17, 15) is 0 Å². The lowest BCUT2D eigenvalue weighted by Gasteiger charge is -2.11. The van der Waals surface area contributed by atoms with Crippen LogP contribution in [0.5, 0.6) is 0 Å². The monoisotopic (exact) mass is 465 g/mol. The van der Waals surface area contributed by atoms with Crippen molar-refractivity contribution in [3.05, 3.63) is 115 Å². The lowest BCUT2D eigenvalue weighted by Crippen LogP contribution is -1.95. The smallest absolute Gasteiger partial charge is 0.124 e. The van der Waals surface area contributed by atoms with E-state index in [1.165, 1.54) is 15.5 Å². The standard InChI is InChI=1S/C31H19N3S/c1-3-9-21(10-4-1)28-29(33-26-14-8-7-13-25(26)32-28)23-16-15-20-17-18-27-30(24(20)19-23)35-31(34-27)22-11-5-2-6-12-22/h1-19H. The third-order valence-electron chi connectivity index (χ3n) is 6.28. The minimum atomic E-state index is 0.890. The largest absolute Gasteiger partial charge is 0.244 e. The van der Waals surface area contributed by atoms with Gasteiger partial charge in [0.15, 0.2) is 0 Å². The van der Waals surface area contributed by atoms with Gasteiger partial charge in [-0.05, 0) is 29.7 Å². The maximum absolute atomic E-state index is 5.09. The number of fused-ring (bicyclic) bond motifs is 4. The molecule has 4 heteroatoms. The Morgan fingerprint density at radius 1 is 0.457 bits per heavy atom. The molecule has 0 aliphatic carbocycles. The van der Waals surface area contributed by atoms with Crippen LogP contribution in [0.4, 0.5) is 0 Å². The number of thiazole rings is 1. The van der Waals surface area contributed by atoms with Gasteiger partial charge >= 0.3 is 0 Å². The van der Waals surface area contributed by atoms with E-state index in [4.69, 9.17) is 15.0 Å². The molecule has 2 aromatic heterocycles. The third kappa shape index (κ3) is 3.47. The maximum atomic E-state index is 5.09. The number of aromatic nitrogens is 3. The topological polar surface area (TPSA) is 38.7 Å². The number of benzene rings is 5. The number of hydrogen-bond donors (Lipinski definition) is 0. The molecule has 0 saturated carbocycles. The number of para-hydroxylation sites is 2. The zero-order chi connectivity index (χ0) is 23.2. The van der Waals surface area contributed by atoms with Gasteiger partial charge in [-0.1, -0.05) is 91.0 Å². The molecule has 0 unspecified atom stereocenters. The van der Waals surface area contributed by atoms with Crippen LogP contribution in [-0.2, 0) is 0 Å². The fraction of sp³-hybridized carbons (Fsp3) is 0. The molecule has 0 amide bonds. The quantitative estimate of drug-likeness (QED) is 0.263. The molecule has 35 heavy (non-hydrogen) atoms. The molecular weight excluding hydrogens is 446 g/mol. The van der Waals surface area contributed by atoms with Crippen molar-refractivity contribution < 1.29 is 0 Å². The molecule has 0 saturated heterocycles. The zero-order valence-corrected chi connectivity index (χ0v) is 19.5. The second-order valence-corrected chi connectivity index (χ2v) is 9.51. The van der Waals surface area contributed by atoms with Crippen molar-refractivity contribution in [1.29, 1.82) is 0 Å². The summed E-state index contributed by atoms with van der Waals surface area (Å²) < 4.78 is 1.19. The van der Waals surface area contributed by atoms with Crippen LogP contribution in [-0.4, -0.2) is 15.0 Å². The molecule has 7 aromatic rings. The van der Waals surface area contributed by atoms with E-state index in [1.54, 1.807) is 11.3 Å². The Kier molecular flexibility index (Phi) is 4.64. The van der Waals surface area contributed by atoms with E-state index < -0.39 is 0 Å². The first kappa shape index (κ1) is 20.0. The molecule has 5 aromatic carbocycles. The minimum absolute atomic E-state index is 0.890. The molecule has 7 rings (SSSR count). The maximum Gasteiger partial charge on any atom is 0.124 e. The second kappa shape index (κ2) is 8.12. The second-order valence-electron chi connectivity index (χ2n) is 8.51. The van der Waals surface area contributed by atoms with Crippen molar-refractivity contribution in [3.63, 3.8) is 0 Å². The number of rotatable bonds is 3. The summed E-state index contributed by atoms with van der Waals surface area (Å²) in [5.74, 6) is 0. The molecule has 0 fully saturated rings. The van der Waals surface area contributed by atoms with Gasteiger partial charge in [0, 0.05) is 22.1 Å². The SMILES string of the molecule is c1ccc(-c2nc3ccc4ccc(-c5nc6ccccc6nc5-c5ccccc5)cc4c3s2)cc1. The van der Waals surface area contributed by atoms with Gasteiger partial charge in [-0.2, -0.15) is 0 Å². The van der Waals surface area contributed by atoms with Crippen LogP contribution in [0.2, 0.25) is 0 Å². The fourth-order valence-corrected chi connectivity index (χ4v) is 5.65. The molecule has 0 spiro atoms. The van der Waals surface area contributed by atoms with Crippen LogP contribution in [0.15, 0.2) is 115 Å². The van der Waals surface area contributed by atoms with Crippen molar-refractivity contribution in [3.8, 4) is 33.1 Å². The molecule has 0 aliphatic heterocycles. The Labute approximate surface area is 206 Å². The van der Waals surface area contributed by atoms with Crippen LogP contribution in [0.1, 0.15) is 0 Å². The molecule has 0 radical (unpaired) electrons. The summed E-state index contributed by atoms with van der Waals surface area (Å²) in [6.07, 6.45) is 0. The van der Waals surface area contributed by atoms with Crippen molar-refractivity contribution >= 4 is 43.4 Å². The highest BCUT2D eigenvalue weighted by Crippen LogP contribution is 2.38. The van der Waals surface area contributed by atoms with Gasteiger partial charge in [-0.25, -0.2) is 15.0 Å². The predicted molar refractivity (Wildman–Crippen MR) is 147 cm³/mol. The van der Waals surface area contributed by atoms with E-state index in [0.29, 0.717) is 0 Å². The molecule has 3 nitrogen and oxygen atoms in total. The first-order chi connectivity index (χ1) is 17.3. The number of nitrogens with zero attached hydrogens (tertiary/aromatic N) is 3. The van der Waals surface area contributed by atoms with E-state index in [2.05, 4.69) is 66.7 Å². The molecule has 0 aliphatic rings. The van der Waals surface area contributed by atoms with Crippen LogP contribution >= 0.6 is 11.3 Å². The Morgan fingerprint density at radius 3 is 1.77 bits per heavy atom. The normalized spacial score (nSPS) is 11.4. The molecular formula is C31H19N3S. The van der Waals surface area contributed by atoms with Crippen LogP contribution < -0.4 is 0 Å². The Bertz CT molecular complexity index is 1840. The summed E-state index contributed by atoms with van der Waals surface area (Å²) in [5, 5.41) is 3.42. The van der Waals surface area contributed by atoms with Gasteiger partial charge < -0.3 is 0 Å². The van der Waals surface area contributed by atoms with Crippen LogP contribution in [0.25, 0.3) is 65.1 Å². The summed E-state index contributed by atoms with van der Waals surface area (Å²) in [6.45, 7) is 0. The summed E-state index contributed by atoms with van der Waals surface area (Å²) >= 11 is 1.74.